The highest BCUT2D eigenvalue weighted by molar-refractivity contribution is 9.10. The summed E-state index contributed by atoms with van der Waals surface area (Å²) in [6.45, 7) is 0. The topological polar surface area (TPSA) is 55.8 Å². The van der Waals surface area contributed by atoms with Crippen molar-refractivity contribution in [2.45, 2.75) is 50.0 Å². The van der Waals surface area contributed by atoms with Gasteiger partial charge in [0.1, 0.15) is 0 Å². The van der Waals surface area contributed by atoms with E-state index in [0.717, 1.165) is 22.9 Å². The van der Waals surface area contributed by atoms with Crippen molar-refractivity contribution in [3.63, 3.8) is 0 Å². The second-order valence-electron chi connectivity index (χ2n) is 5.90. The highest BCUT2D eigenvalue weighted by Gasteiger charge is 2.54. The van der Waals surface area contributed by atoms with Crippen LogP contribution < -0.4 is 9.47 Å². The summed E-state index contributed by atoms with van der Waals surface area (Å²) in [5, 5.41) is 9.59. The molecule has 1 aromatic carbocycles. The molecule has 0 radical (unpaired) electrons. The van der Waals surface area contributed by atoms with Crippen molar-refractivity contribution >= 4 is 21.9 Å². The van der Waals surface area contributed by atoms with E-state index in [1.165, 1.54) is 12.8 Å². The molecule has 0 aliphatic heterocycles. The van der Waals surface area contributed by atoms with Crippen molar-refractivity contribution in [3.8, 4) is 11.5 Å². The number of hydrogen-bond acceptors (Lipinski definition) is 3. The lowest BCUT2D eigenvalue weighted by Crippen LogP contribution is -2.22. The minimum Gasteiger partial charge on any atom is -0.493 e. The standard InChI is InChI=1S/C16H19BrO4/c1-20-13-9-10(17)8-12(16(6-7-16)15(18)19)14(13)21-11-4-2-3-5-11/h8-9,11H,2-7H2,1H3,(H,18,19). The highest BCUT2D eigenvalue weighted by atomic mass is 79.9. The maximum Gasteiger partial charge on any atom is 0.314 e. The molecule has 114 valence electrons. The second-order valence-corrected chi connectivity index (χ2v) is 6.81. The van der Waals surface area contributed by atoms with E-state index < -0.39 is 11.4 Å². The van der Waals surface area contributed by atoms with E-state index in [-0.39, 0.29) is 6.10 Å². The van der Waals surface area contributed by atoms with Crippen molar-refractivity contribution in [2.75, 3.05) is 7.11 Å². The van der Waals surface area contributed by atoms with Crippen LogP contribution in [-0.4, -0.2) is 24.3 Å². The average molecular weight is 355 g/mol. The predicted molar refractivity (Wildman–Crippen MR) is 82.1 cm³/mol. The normalized spacial score (nSPS) is 20.3. The zero-order valence-corrected chi connectivity index (χ0v) is 13.6. The van der Waals surface area contributed by atoms with E-state index in [9.17, 15) is 9.90 Å². The zero-order valence-electron chi connectivity index (χ0n) is 12.0. The first-order chi connectivity index (χ1) is 10.1. The highest BCUT2D eigenvalue weighted by Crippen LogP contribution is 2.54. The van der Waals surface area contributed by atoms with Gasteiger partial charge in [-0.3, -0.25) is 4.79 Å². The van der Waals surface area contributed by atoms with Crippen LogP contribution in [0.25, 0.3) is 0 Å². The Hall–Kier alpha value is -1.23. The molecule has 3 rings (SSSR count). The van der Waals surface area contributed by atoms with Gasteiger partial charge in [-0.25, -0.2) is 0 Å². The van der Waals surface area contributed by atoms with Crippen molar-refractivity contribution in [3.05, 3.63) is 22.2 Å². The molecule has 5 heteroatoms. The summed E-state index contributed by atoms with van der Waals surface area (Å²) in [5.74, 6) is 0.449. The fraction of sp³-hybridized carbons (Fsp3) is 0.562. The van der Waals surface area contributed by atoms with E-state index in [0.29, 0.717) is 24.3 Å². The van der Waals surface area contributed by atoms with Gasteiger partial charge in [-0.2, -0.15) is 0 Å². The van der Waals surface area contributed by atoms with Gasteiger partial charge in [0, 0.05) is 10.0 Å². The van der Waals surface area contributed by atoms with Crippen LogP contribution in [0.15, 0.2) is 16.6 Å². The van der Waals surface area contributed by atoms with Crippen molar-refractivity contribution in [1.29, 1.82) is 0 Å². The molecule has 1 aromatic rings. The molecule has 0 saturated heterocycles. The number of rotatable bonds is 5. The number of aliphatic carboxylic acids is 1. The lowest BCUT2D eigenvalue weighted by Gasteiger charge is -2.22. The van der Waals surface area contributed by atoms with Crippen LogP contribution >= 0.6 is 15.9 Å². The minimum absolute atomic E-state index is 0.170. The Morgan fingerprint density at radius 1 is 1.33 bits per heavy atom. The summed E-state index contributed by atoms with van der Waals surface area (Å²) in [6.07, 6.45) is 5.87. The van der Waals surface area contributed by atoms with Gasteiger partial charge in [0.2, 0.25) is 0 Å². The second kappa shape index (κ2) is 5.52. The molecule has 0 bridgehead atoms. The van der Waals surface area contributed by atoms with Crippen LogP contribution in [0.1, 0.15) is 44.1 Å². The van der Waals surface area contributed by atoms with Gasteiger partial charge in [0.15, 0.2) is 11.5 Å². The van der Waals surface area contributed by atoms with Gasteiger partial charge in [-0.1, -0.05) is 15.9 Å². The largest absolute Gasteiger partial charge is 0.493 e. The number of benzene rings is 1. The first kappa shape index (κ1) is 14.7. The maximum absolute atomic E-state index is 11.7. The Kier molecular flexibility index (Phi) is 3.86. The van der Waals surface area contributed by atoms with Gasteiger partial charge in [-0.15, -0.1) is 0 Å². The predicted octanol–water partition coefficient (Wildman–Crippen LogP) is 3.90. The summed E-state index contributed by atoms with van der Waals surface area (Å²) in [6, 6.07) is 3.71. The molecule has 0 amide bonds. The molecule has 0 unspecified atom stereocenters. The molecule has 0 heterocycles. The summed E-state index contributed by atoms with van der Waals surface area (Å²) in [7, 11) is 1.59. The fourth-order valence-electron chi connectivity index (χ4n) is 3.09. The Morgan fingerprint density at radius 3 is 2.52 bits per heavy atom. The first-order valence-corrected chi connectivity index (χ1v) is 8.14. The summed E-state index contributed by atoms with van der Waals surface area (Å²) < 4.78 is 12.4. The molecule has 1 N–H and O–H groups in total. The van der Waals surface area contributed by atoms with Gasteiger partial charge >= 0.3 is 5.97 Å². The first-order valence-electron chi connectivity index (χ1n) is 7.35. The lowest BCUT2D eigenvalue weighted by atomic mass is 9.94. The molecule has 4 nitrogen and oxygen atoms in total. The van der Waals surface area contributed by atoms with Crippen molar-refractivity contribution in [2.24, 2.45) is 0 Å². The zero-order chi connectivity index (χ0) is 15.0. The van der Waals surface area contributed by atoms with Crippen LogP contribution in [0.5, 0.6) is 11.5 Å². The lowest BCUT2D eigenvalue weighted by molar-refractivity contribution is -0.140. The number of carboxylic acids is 1. The van der Waals surface area contributed by atoms with Crippen LogP contribution in [0.4, 0.5) is 0 Å². The van der Waals surface area contributed by atoms with Crippen molar-refractivity contribution < 1.29 is 19.4 Å². The third-order valence-corrected chi connectivity index (χ3v) is 4.96. The molecule has 2 saturated carbocycles. The summed E-state index contributed by atoms with van der Waals surface area (Å²) in [5.41, 5.74) is -0.0570. The molecule has 0 aromatic heterocycles. The third-order valence-electron chi connectivity index (χ3n) is 4.50. The van der Waals surface area contributed by atoms with Gasteiger partial charge in [-0.05, 0) is 50.7 Å². The van der Waals surface area contributed by atoms with Crippen LogP contribution in [0.2, 0.25) is 0 Å². The Bertz CT molecular complexity index is 560. The molecule has 2 fully saturated rings. The molecule has 0 spiro atoms. The van der Waals surface area contributed by atoms with E-state index in [1.807, 2.05) is 12.1 Å². The number of methoxy groups -OCH3 is 1. The maximum atomic E-state index is 11.7. The smallest absolute Gasteiger partial charge is 0.314 e. The molecular formula is C16H19BrO4. The van der Waals surface area contributed by atoms with E-state index in [1.54, 1.807) is 7.11 Å². The quantitative estimate of drug-likeness (QED) is 0.871. The van der Waals surface area contributed by atoms with Crippen LogP contribution in [0, 0.1) is 0 Å². The number of carbonyl (C=O) groups is 1. The van der Waals surface area contributed by atoms with Gasteiger partial charge in [0.25, 0.3) is 0 Å². The average Bonchev–Trinajstić information content (AvgIpc) is 3.12. The third kappa shape index (κ3) is 2.63. The molecule has 0 atom stereocenters. The Balaban J connectivity index is 2.04. The van der Waals surface area contributed by atoms with Crippen LogP contribution in [0.3, 0.4) is 0 Å². The monoisotopic (exact) mass is 354 g/mol. The summed E-state index contributed by atoms with van der Waals surface area (Å²) in [4.78, 5) is 11.7. The number of hydrogen-bond donors (Lipinski definition) is 1. The number of ether oxygens (including phenoxy) is 2. The minimum atomic E-state index is -0.801. The molecule has 21 heavy (non-hydrogen) atoms. The number of halogens is 1. The van der Waals surface area contributed by atoms with Gasteiger partial charge in [0.05, 0.1) is 18.6 Å². The van der Waals surface area contributed by atoms with E-state index >= 15 is 0 Å². The molecule has 2 aliphatic rings. The molecule has 2 aliphatic carbocycles. The number of carboxylic acid groups (broad SMARTS) is 1. The van der Waals surface area contributed by atoms with E-state index in [4.69, 9.17) is 9.47 Å². The van der Waals surface area contributed by atoms with E-state index in [2.05, 4.69) is 15.9 Å². The molecular weight excluding hydrogens is 336 g/mol. The summed E-state index contributed by atoms with van der Waals surface area (Å²) >= 11 is 3.44. The Morgan fingerprint density at radius 2 is 2.00 bits per heavy atom. The van der Waals surface area contributed by atoms with Gasteiger partial charge < -0.3 is 14.6 Å². The van der Waals surface area contributed by atoms with Crippen molar-refractivity contribution in [1.82, 2.24) is 0 Å². The SMILES string of the molecule is COc1cc(Br)cc(C2(C(=O)O)CC2)c1OC1CCCC1. The Labute approximate surface area is 132 Å². The fourth-order valence-corrected chi connectivity index (χ4v) is 3.53. The van der Waals surface area contributed by atoms with Crippen LogP contribution in [-0.2, 0) is 10.2 Å².